The molecule has 78 valence electrons. The van der Waals surface area contributed by atoms with Crippen LogP contribution in [0, 0.1) is 0 Å². The van der Waals surface area contributed by atoms with Gasteiger partial charge in [0.2, 0.25) is 0 Å². The Morgan fingerprint density at radius 3 is 2.36 bits per heavy atom. The maximum atomic E-state index is 10.7. The molecule has 5 heteroatoms. The SMILES string of the molecule is COc1cccc(C(=O)O)c1OC.Cl. The van der Waals surface area contributed by atoms with Crippen molar-refractivity contribution in [3.05, 3.63) is 23.8 Å². The normalized spacial score (nSPS) is 8.71. The number of carbonyl (C=O) groups is 1. The molecule has 0 aliphatic heterocycles. The maximum absolute atomic E-state index is 10.7. The lowest BCUT2D eigenvalue weighted by molar-refractivity contribution is 0.0692. The number of hydrogen-bond acceptors (Lipinski definition) is 3. The first-order valence-corrected chi connectivity index (χ1v) is 3.65. The van der Waals surface area contributed by atoms with Gasteiger partial charge < -0.3 is 14.6 Å². The van der Waals surface area contributed by atoms with Crippen LogP contribution in [0.4, 0.5) is 0 Å². The first-order chi connectivity index (χ1) is 6.20. The second kappa shape index (κ2) is 5.34. The van der Waals surface area contributed by atoms with Gasteiger partial charge in [-0.2, -0.15) is 0 Å². The summed E-state index contributed by atoms with van der Waals surface area (Å²) in [5, 5.41) is 8.78. The third kappa shape index (κ3) is 2.29. The average Bonchev–Trinajstić information content (AvgIpc) is 2.16. The van der Waals surface area contributed by atoms with Crippen molar-refractivity contribution < 1.29 is 19.4 Å². The number of carboxylic acids is 1. The fraction of sp³-hybridized carbons (Fsp3) is 0.222. The molecule has 0 atom stereocenters. The van der Waals surface area contributed by atoms with Gasteiger partial charge in [-0.1, -0.05) is 6.07 Å². The van der Waals surface area contributed by atoms with Crippen molar-refractivity contribution in [1.82, 2.24) is 0 Å². The number of ether oxygens (including phenoxy) is 2. The highest BCUT2D eigenvalue weighted by molar-refractivity contribution is 5.92. The van der Waals surface area contributed by atoms with Crippen LogP contribution in [0.1, 0.15) is 10.4 Å². The molecule has 1 rings (SSSR count). The number of rotatable bonds is 3. The van der Waals surface area contributed by atoms with Crippen molar-refractivity contribution in [2.75, 3.05) is 14.2 Å². The Morgan fingerprint density at radius 1 is 1.29 bits per heavy atom. The van der Waals surface area contributed by atoms with Crippen LogP contribution in [0.2, 0.25) is 0 Å². The Kier molecular flexibility index (Phi) is 4.80. The highest BCUT2D eigenvalue weighted by Crippen LogP contribution is 2.30. The Labute approximate surface area is 87.9 Å². The van der Waals surface area contributed by atoms with Crippen LogP contribution in [-0.4, -0.2) is 25.3 Å². The first-order valence-electron chi connectivity index (χ1n) is 3.65. The second-order valence-electron chi connectivity index (χ2n) is 2.35. The molecule has 0 spiro atoms. The Balaban J connectivity index is 0.00000169. The molecule has 0 amide bonds. The molecule has 0 radical (unpaired) electrons. The maximum Gasteiger partial charge on any atom is 0.339 e. The fourth-order valence-electron chi connectivity index (χ4n) is 1.06. The van der Waals surface area contributed by atoms with Crippen molar-refractivity contribution in [3.8, 4) is 11.5 Å². The summed E-state index contributed by atoms with van der Waals surface area (Å²) in [4.78, 5) is 10.7. The molecular weight excluding hydrogens is 208 g/mol. The van der Waals surface area contributed by atoms with E-state index in [-0.39, 0.29) is 23.7 Å². The molecule has 0 fully saturated rings. The molecule has 4 nitrogen and oxygen atoms in total. The van der Waals surface area contributed by atoms with Gasteiger partial charge in [0.25, 0.3) is 0 Å². The van der Waals surface area contributed by atoms with Crippen LogP contribution >= 0.6 is 12.4 Å². The molecule has 0 aromatic heterocycles. The van der Waals surface area contributed by atoms with Gasteiger partial charge in [-0.25, -0.2) is 4.79 Å². The van der Waals surface area contributed by atoms with Crippen LogP contribution in [0.3, 0.4) is 0 Å². The van der Waals surface area contributed by atoms with Gasteiger partial charge in [0.15, 0.2) is 11.5 Å². The smallest absolute Gasteiger partial charge is 0.339 e. The molecule has 0 saturated carbocycles. The average molecular weight is 219 g/mol. The number of benzene rings is 1. The lowest BCUT2D eigenvalue weighted by atomic mass is 10.2. The van der Waals surface area contributed by atoms with E-state index < -0.39 is 5.97 Å². The number of hydrogen-bond donors (Lipinski definition) is 1. The molecule has 0 bridgehead atoms. The summed E-state index contributed by atoms with van der Waals surface area (Å²) in [7, 11) is 2.87. The predicted octanol–water partition coefficient (Wildman–Crippen LogP) is 1.82. The standard InChI is InChI=1S/C9H10O4.ClH/c1-12-7-5-3-4-6(9(10)11)8(7)13-2;/h3-5H,1-2H3,(H,10,11);1H. The minimum atomic E-state index is -1.03. The number of halogens is 1. The first kappa shape index (κ1) is 12.6. The minimum Gasteiger partial charge on any atom is -0.493 e. The zero-order chi connectivity index (χ0) is 9.84. The van der Waals surface area contributed by atoms with E-state index in [2.05, 4.69) is 0 Å². The quantitative estimate of drug-likeness (QED) is 0.841. The lowest BCUT2D eigenvalue weighted by Crippen LogP contribution is -2.01. The van der Waals surface area contributed by atoms with E-state index in [1.54, 1.807) is 12.1 Å². The Bertz CT molecular complexity index is 325. The second-order valence-corrected chi connectivity index (χ2v) is 2.35. The molecule has 1 N–H and O–H groups in total. The van der Waals surface area contributed by atoms with E-state index in [9.17, 15) is 4.79 Å². The van der Waals surface area contributed by atoms with Gasteiger partial charge in [0.1, 0.15) is 5.56 Å². The molecule has 0 heterocycles. The van der Waals surface area contributed by atoms with Crippen molar-refractivity contribution >= 4 is 18.4 Å². The van der Waals surface area contributed by atoms with Crippen LogP contribution < -0.4 is 9.47 Å². The van der Waals surface area contributed by atoms with Gasteiger partial charge >= 0.3 is 5.97 Å². The largest absolute Gasteiger partial charge is 0.493 e. The molecule has 0 aliphatic rings. The summed E-state index contributed by atoms with van der Waals surface area (Å²) in [6, 6.07) is 4.71. The third-order valence-electron chi connectivity index (χ3n) is 1.63. The van der Waals surface area contributed by atoms with Crippen molar-refractivity contribution in [1.29, 1.82) is 0 Å². The zero-order valence-corrected chi connectivity index (χ0v) is 8.63. The van der Waals surface area contributed by atoms with Crippen LogP contribution in [0.25, 0.3) is 0 Å². The number of aromatic carboxylic acids is 1. The van der Waals surface area contributed by atoms with Crippen LogP contribution in [0.5, 0.6) is 11.5 Å². The zero-order valence-electron chi connectivity index (χ0n) is 7.81. The van der Waals surface area contributed by atoms with E-state index in [0.717, 1.165) is 0 Å². The molecule has 0 saturated heterocycles. The number of para-hydroxylation sites is 1. The van der Waals surface area contributed by atoms with E-state index in [1.165, 1.54) is 20.3 Å². The predicted molar refractivity (Wildman–Crippen MR) is 53.8 cm³/mol. The van der Waals surface area contributed by atoms with E-state index in [4.69, 9.17) is 14.6 Å². The van der Waals surface area contributed by atoms with Gasteiger partial charge in [0, 0.05) is 0 Å². The van der Waals surface area contributed by atoms with Gasteiger partial charge in [-0.05, 0) is 12.1 Å². The van der Waals surface area contributed by atoms with E-state index in [1.807, 2.05) is 0 Å². The van der Waals surface area contributed by atoms with Crippen LogP contribution in [0.15, 0.2) is 18.2 Å². The number of methoxy groups -OCH3 is 2. The monoisotopic (exact) mass is 218 g/mol. The Morgan fingerprint density at radius 2 is 1.93 bits per heavy atom. The molecule has 0 unspecified atom stereocenters. The van der Waals surface area contributed by atoms with E-state index in [0.29, 0.717) is 5.75 Å². The summed E-state index contributed by atoms with van der Waals surface area (Å²) in [5.74, 6) is -0.365. The van der Waals surface area contributed by atoms with Crippen molar-refractivity contribution in [2.24, 2.45) is 0 Å². The highest BCUT2D eigenvalue weighted by Gasteiger charge is 2.14. The summed E-state index contributed by atoms with van der Waals surface area (Å²) in [6.45, 7) is 0. The highest BCUT2D eigenvalue weighted by atomic mass is 35.5. The van der Waals surface area contributed by atoms with E-state index >= 15 is 0 Å². The fourth-order valence-corrected chi connectivity index (χ4v) is 1.06. The summed E-state index contributed by atoms with van der Waals surface area (Å²) in [6.07, 6.45) is 0. The molecular formula is C9H11ClO4. The molecule has 1 aromatic carbocycles. The summed E-state index contributed by atoms with van der Waals surface area (Å²) >= 11 is 0. The molecule has 1 aromatic rings. The molecule has 14 heavy (non-hydrogen) atoms. The van der Waals surface area contributed by atoms with Crippen molar-refractivity contribution in [2.45, 2.75) is 0 Å². The third-order valence-corrected chi connectivity index (χ3v) is 1.63. The summed E-state index contributed by atoms with van der Waals surface area (Å²) in [5.41, 5.74) is 0.0989. The minimum absolute atomic E-state index is 0. The van der Waals surface area contributed by atoms with Gasteiger partial charge in [-0.3, -0.25) is 0 Å². The Hall–Kier alpha value is -1.42. The topological polar surface area (TPSA) is 55.8 Å². The van der Waals surface area contributed by atoms with Crippen molar-refractivity contribution in [3.63, 3.8) is 0 Å². The molecule has 0 aliphatic carbocycles. The number of carboxylic acid groups (broad SMARTS) is 1. The van der Waals surface area contributed by atoms with Gasteiger partial charge in [-0.15, -0.1) is 12.4 Å². The summed E-state index contributed by atoms with van der Waals surface area (Å²) < 4.78 is 9.86. The lowest BCUT2D eigenvalue weighted by Gasteiger charge is -2.08. The van der Waals surface area contributed by atoms with Crippen LogP contribution in [-0.2, 0) is 0 Å². The van der Waals surface area contributed by atoms with Gasteiger partial charge in [0.05, 0.1) is 14.2 Å².